The lowest BCUT2D eigenvalue weighted by molar-refractivity contribution is -0.276. The van der Waals surface area contributed by atoms with E-state index in [0.29, 0.717) is 0 Å². The van der Waals surface area contributed by atoms with E-state index in [1.165, 1.54) is 0 Å². The molecule has 0 amide bonds. The van der Waals surface area contributed by atoms with Crippen LogP contribution in [0.2, 0.25) is 0 Å². The number of hydrogen-bond donors (Lipinski definition) is 0. The minimum atomic E-state index is -4.99. The Hall–Kier alpha value is -2.06. The molecule has 1 aromatic heterocycles. The largest absolute Gasteiger partial charge is 0.574 e. The molecule has 9 heteroatoms. The number of carbonyl (C=O) groups is 1. The van der Waals surface area contributed by atoms with Crippen LogP contribution in [0.1, 0.15) is 16.1 Å². The van der Waals surface area contributed by atoms with E-state index >= 15 is 0 Å². The van der Waals surface area contributed by atoms with E-state index in [1.54, 1.807) is 0 Å². The number of hydrogen-bond acceptors (Lipinski definition) is 5. The Bertz CT molecular complexity index is 450. The van der Waals surface area contributed by atoms with E-state index in [4.69, 9.17) is 4.74 Å². The van der Waals surface area contributed by atoms with Crippen molar-refractivity contribution in [3.63, 3.8) is 0 Å². The van der Waals surface area contributed by atoms with E-state index in [9.17, 15) is 22.4 Å². The van der Waals surface area contributed by atoms with Gasteiger partial charge < -0.3 is 14.2 Å². The molecule has 0 bridgehead atoms. The molecule has 106 valence electrons. The van der Waals surface area contributed by atoms with E-state index in [2.05, 4.69) is 14.5 Å². The molecule has 0 aliphatic rings. The number of alkyl halides is 4. The molecular formula is C10H9F4NO4. The van der Waals surface area contributed by atoms with Crippen LogP contribution in [0, 0.1) is 0 Å². The highest BCUT2D eigenvalue weighted by Crippen LogP contribution is 2.30. The second-order valence-corrected chi connectivity index (χ2v) is 3.16. The molecular weight excluding hydrogens is 274 g/mol. The molecule has 0 radical (unpaired) electrons. The first-order valence-electron chi connectivity index (χ1n) is 4.80. The fourth-order valence-corrected chi connectivity index (χ4v) is 1.30. The van der Waals surface area contributed by atoms with Gasteiger partial charge in [0.1, 0.15) is 18.0 Å². The number of rotatable bonds is 4. The predicted molar refractivity (Wildman–Crippen MR) is 53.6 cm³/mol. The number of nitrogens with zero attached hydrogens (tertiary/aromatic N) is 1. The zero-order valence-electron chi connectivity index (χ0n) is 9.88. The van der Waals surface area contributed by atoms with Gasteiger partial charge in [0.15, 0.2) is 0 Å². The van der Waals surface area contributed by atoms with Gasteiger partial charge in [-0.25, -0.2) is 14.2 Å². The molecule has 0 fully saturated rings. The zero-order chi connectivity index (χ0) is 14.6. The van der Waals surface area contributed by atoms with E-state index < -0.39 is 30.6 Å². The highest BCUT2D eigenvalue weighted by Gasteiger charge is 2.33. The SMILES string of the molecule is COC(=O)c1c(OC)cc(OC(F)(F)F)nc1CF. The van der Waals surface area contributed by atoms with E-state index in [1.807, 2.05) is 0 Å². The molecule has 0 saturated heterocycles. The summed E-state index contributed by atoms with van der Waals surface area (Å²) in [6.45, 7) is -1.28. The molecule has 0 aromatic carbocycles. The molecule has 5 nitrogen and oxygen atoms in total. The molecule has 0 aliphatic heterocycles. The maximum Gasteiger partial charge on any atom is 0.574 e. The molecule has 1 aromatic rings. The Morgan fingerprint density at radius 1 is 1.37 bits per heavy atom. The lowest BCUT2D eigenvalue weighted by atomic mass is 10.2. The van der Waals surface area contributed by atoms with Crippen LogP contribution in [-0.4, -0.2) is 31.5 Å². The molecule has 1 rings (SSSR count). The number of halogens is 4. The van der Waals surface area contributed by atoms with Crippen LogP contribution >= 0.6 is 0 Å². The average molecular weight is 283 g/mol. The van der Waals surface area contributed by atoms with Crippen molar-refractivity contribution in [3.8, 4) is 11.6 Å². The van der Waals surface area contributed by atoms with Gasteiger partial charge in [-0.1, -0.05) is 0 Å². The standard InChI is InChI=1S/C10H9F4NO4/c1-17-6-3-7(19-10(12,13)14)15-5(4-11)8(6)9(16)18-2/h3H,4H2,1-2H3. The van der Waals surface area contributed by atoms with Crippen molar-refractivity contribution >= 4 is 5.97 Å². The van der Waals surface area contributed by atoms with E-state index in [0.717, 1.165) is 20.3 Å². The minimum Gasteiger partial charge on any atom is -0.496 e. The van der Waals surface area contributed by atoms with Gasteiger partial charge in [0, 0.05) is 6.07 Å². The van der Waals surface area contributed by atoms with Gasteiger partial charge in [-0.3, -0.25) is 0 Å². The Balaban J connectivity index is 3.32. The molecule has 0 spiro atoms. The van der Waals surface area contributed by atoms with Crippen LogP contribution in [0.25, 0.3) is 0 Å². The zero-order valence-corrected chi connectivity index (χ0v) is 9.88. The maximum atomic E-state index is 12.7. The van der Waals surface area contributed by atoms with Gasteiger partial charge in [0.25, 0.3) is 0 Å². The molecule has 19 heavy (non-hydrogen) atoms. The number of methoxy groups -OCH3 is 2. The van der Waals surface area contributed by atoms with Crippen molar-refractivity contribution in [2.75, 3.05) is 14.2 Å². The smallest absolute Gasteiger partial charge is 0.496 e. The average Bonchev–Trinajstić information content (AvgIpc) is 2.34. The maximum absolute atomic E-state index is 12.7. The van der Waals surface area contributed by atoms with Gasteiger partial charge in [-0.15, -0.1) is 13.2 Å². The second kappa shape index (κ2) is 5.72. The summed E-state index contributed by atoms with van der Waals surface area (Å²) in [6, 6.07) is 0.721. The lowest BCUT2D eigenvalue weighted by Crippen LogP contribution is -2.19. The highest BCUT2D eigenvalue weighted by atomic mass is 19.4. The topological polar surface area (TPSA) is 57.7 Å². The Morgan fingerprint density at radius 3 is 2.42 bits per heavy atom. The summed E-state index contributed by atoms with van der Waals surface area (Å²) < 4.78 is 61.5. The molecule has 1 heterocycles. The fourth-order valence-electron chi connectivity index (χ4n) is 1.30. The molecule has 0 saturated carbocycles. The van der Waals surface area contributed by atoms with Crippen molar-refractivity contribution in [1.29, 1.82) is 0 Å². The third kappa shape index (κ3) is 3.70. The second-order valence-electron chi connectivity index (χ2n) is 3.16. The third-order valence-electron chi connectivity index (χ3n) is 1.99. The van der Waals surface area contributed by atoms with Crippen molar-refractivity contribution in [1.82, 2.24) is 4.98 Å². The number of carbonyl (C=O) groups excluding carboxylic acids is 1. The van der Waals surface area contributed by atoms with E-state index in [-0.39, 0.29) is 11.3 Å². The van der Waals surface area contributed by atoms with Crippen LogP contribution in [-0.2, 0) is 11.4 Å². The monoisotopic (exact) mass is 283 g/mol. The molecule has 0 aliphatic carbocycles. The van der Waals surface area contributed by atoms with Gasteiger partial charge >= 0.3 is 12.3 Å². The molecule has 0 N–H and O–H groups in total. The van der Waals surface area contributed by atoms with Gasteiger partial charge in [-0.2, -0.15) is 0 Å². The van der Waals surface area contributed by atoms with Crippen molar-refractivity contribution < 1.29 is 36.6 Å². The summed E-state index contributed by atoms with van der Waals surface area (Å²) in [5.74, 6) is -2.23. The van der Waals surface area contributed by atoms with Crippen molar-refractivity contribution in [2.24, 2.45) is 0 Å². The van der Waals surface area contributed by atoms with Gasteiger partial charge in [-0.05, 0) is 0 Å². The highest BCUT2D eigenvalue weighted by molar-refractivity contribution is 5.93. The van der Waals surface area contributed by atoms with Crippen molar-refractivity contribution in [2.45, 2.75) is 13.0 Å². The molecule has 0 unspecified atom stereocenters. The Morgan fingerprint density at radius 2 is 2.00 bits per heavy atom. The quantitative estimate of drug-likeness (QED) is 0.626. The lowest BCUT2D eigenvalue weighted by Gasteiger charge is -2.13. The number of ether oxygens (including phenoxy) is 3. The summed E-state index contributed by atoms with van der Waals surface area (Å²) >= 11 is 0. The summed E-state index contributed by atoms with van der Waals surface area (Å²) in [5, 5.41) is 0. The first-order chi connectivity index (χ1) is 8.82. The molecule has 0 atom stereocenters. The summed E-state index contributed by atoms with van der Waals surface area (Å²) in [4.78, 5) is 14.7. The van der Waals surface area contributed by atoms with Gasteiger partial charge in [0.05, 0.1) is 19.9 Å². The van der Waals surface area contributed by atoms with Gasteiger partial charge in [0.2, 0.25) is 5.88 Å². The van der Waals surface area contributed by atoms with Crippen molar-refractivity contribution in [3.05, 3.63) is 17.3 Å². The van der Waals surface area contributed by atoms with Crippen LogP contribution in [0.3, 0.4) is 0 Å². The minimum absolute atomic E-state index is 0.325. The third-order valence-corrected chi connectivity index (χ3v) is 1.99. The number of aromatic nitrogens is 1. The number of esters is 1. The van der Waals surface area contributed by atoms with Crippen LogP contribution in [0.15, 0.2) is 6.07 Å². The summed E-state index contributed by atoms with van der Waals surface area (Å²) in [7, 11) is 2.13. The fraction of sp³-hybridized carbons (Fsp3) is 0.400. The first-order valence-corrected chi connectivity index (χ1v) is 4.80. The predicted octanol–water partition coefficient (Wildman–Crippen LogP) is 2.24. The normalized spacial score (nSPS) is 11.1. The van der Waals surface area contributed by atoms with Crippen LogP contribution < -0.4 is 9.47 Å². The number of pyridine rings is 1. The summed E-state index contributed by atoms with van der Waals surface area (Å²) in [6.07, 6.45) is -4.99. The Kier molecular flexibility index (Phi) is 4.52. The first kappa shape index (κ1) is 15.0. The van der Waals surface area contributed by atoms with Crippen LogP contribution in [0.5, 0.6) is 11.6 Å². The Labute approximate surface area is 105 Å². The van der Waals surface area contributed by atoms with Crippen LogP contribution in [0.4, 0.5) is 17.6 Å². The summed E-state index contributed by atoms with van der Waals surface area (Å²) in [5.41, 5.74) is -0.951.